The fourth-order valence-corrected chi connectivity index (χ4v) is 3.79. The predicted octanol–water partition coefficient (Wildman–Crippen LogP) is 2.83. The number of aromatic nitrogens is 2. The Morgan fingerprint density at radius 2 is 2.16 bits per heavy atom. The number of amides is 1. The topological polar surface area (TPSA) is 62.5 Å². The van der Waals surface area contributed by atoms with Crippen molar-refractivity contribution in [3.8, 4) is 0 Å². The molecular weight excluding hydrogens is 316 g/mol. The third-order valence-corrected chi connectivity index (χ3v) is 5.34. The van der Waals surface area contributed by atoms with Crippen LogP contribution in [0.3, 0.4) is 0 Å². The van der Waals surface area contributed by atoms with Crippen LogP contribution in [0.25, 0.3) is 11.1 Å². The summed E-state index contributed by atoms with van der Waals surface area (Å²) in [5, 5.41) is 5.03. The van der Waals surface area contributed by atoms with E-state index in [4.69, 9.17) is 4.52 Å². The lowest BCUT2D eigenvalue weighted by atomic mass is 10.0. The van der Waals surface area contributed by atoms with E-state index in [0.29, 0.717) is 11.6 Å². The van der Waals surface area contributed by atoms with Crippen LogP contribution in [0.2, 0.25) is 0 Å². The van der Waals surface area contributed by atoms with Gasteiger partial charge in [0.2, 0.25) is 0 Å². The second-order valence-electron chi connectivity index (χ2n) is 7.54. The van der Waals surface area contributed by atoms with E-state index in [1.54, 1.807) is 0 Å². The van der Waals surface area contributed by atoms with Gasteiger partial charge in [-0.2, -0.15) is 0 Å². The molecule has 1 saturated carbocycles. The lowest BCUT2D eigenvalue weighted by Crippen LogP contribution is -2.52. The molecule has 0 N–H and O–H groups in total. The molecule has 1 atom stereocenters. The lowest BCUT2D eigenvalue weighted by molar-refractivity contribution is 0.0535. The summed E-state index contributed by atoms with van der Waals surface area (Å²) in [5.74, 6) is 0.566. The van der Waals surface area contributed by atoms with E-state index in [1.807, 2.05) is 11.0 Å². The van der Waals surface area contributed by atoms with Crippen LogP contribution in [0.15, 0.2) is 10.6 Å². The van der Waals surface area contributed by atoms with E-state index in [2.05, 4.69) is 35.9 Å². The van der Waals surface area contributed by atoms with Gasteiger partial charge in [-0.25, -0.2) is 4.98 Å². The third kappa shape index (κ3) is 3.03. The van der Waals surface area contributed by atoms with Gasteiger partial charge in [-0.05, 0) is 39.3 Å². The number of nitrogens with zero attached hydrogens (tertiary/aromatic N) is 4. The summed E-state index contributed by atoms with van der Waals surface area (Å²) in [6, 6.07) is 2.21. The zero-order valence-corrected chi connectivity index (χ0v) is 15.3. The standard InChI is InChI=1S/C19H26N4O2/c1-4-5-15-17-14(19(24)23-9-8-22(3)11-12(23)2)10-16(13-6-7-13)20-18(17)25-21-15/h10,12-13H,4-9,11H2,1-3H3/t12-/m1/s1. The van der Waals surface area contributed by atoms with Gasteiger partial charge in [0, 0.05) is 37.3 Å². The molecule has 0 aromatic carbocycles. The molecule has 2 aliphatic rings. The van der Waals surface area contributed by atoms with Crippen molar-refractivity contribution in [1.29, 1.82) is 0 Å². The lowest BCUT2D eigenvalue weighted by Gasteiger charge is -2.38. The Kier molecular flexibility index (Phi) is 4.23. The van der Waals surface area contributed by atoms with Gasteiger partial charge < -0.3 is 14.3 Å². The van der Waals surface area contributed by atoms with E-state index in [-0.39, 0.29) is 11.9 Å². The molecule has 1 aliphatic carbocycles. The van der Waals surface area contributed by atoms with Gasteiger partial charge in [-0.15, -0.1) is 0 Å². The highest BCUT2D eigenvalue weighted by atomic mass is 16.5. The Balaban J connectivity index is 1.78. The quantitative estimate of drug-likeness (QED) is 0.855. The summed E-state index contributed by atoms with van der Waals surface area (Å²) in [6.45, 7) is 6.80. The summed E-state index contributed by atoms with van der Waals surface area (Å²) in [6.07, 6.45) is 4.06. The number of carbonyl (C=O) groups is 1. The maximum atomic E-state index is 13.4. The van der Waals surface area contributed by atoms with Crippen molar-refractivity contribution in [1.82, 2.24) is 19.9 Å². The van der Waals surface area contributed by atoms with E-state index in [0.717, 1.165) is 67.7 Å². The van der Waals surface area contributed by atoms with Crippen LogP contribution in [-0.4, -0.2) is 58.6 Å². The fraction of sp³-hybridized carbons (Fsp3) is 0.632. The molecule has 4 rings (SSSR count). The first-order valence-electron chi connectivity index (χ1n) is 9.37. The molecule has 2 aromatic heterocycles. The van der Waals surface area contributed by atoms with Gasteiger partial charge in [0.15, 0.2) is 0 Å². The smallest absolute Gasteiger partial charge is 0.259 e. The zero-order valence-electron chi connectivity index (χ0n) is 15.3. The van der Waals surface area contributed by atoms with Crippen LogP contribution in [0.1, 0.15) is 60.8 Å². The third-order valence-electron chi connectivity index (χ3n) is 5.34. The Labute approximate surface area is 148 Å². The van der Waals surface area contributed by atoms with Crippen LogP contribution in [0, 0.1) is 0 Å². The van der Waals surface area contributed by atoms with Crippen LogP contribution in [-0.2, 0) is 6.42 Å². The maximum Gasteiger partial charge on any atom is 0.259 e. The van der Waals surface area contributed by atoms with Crippen molar-refractivity contribution in [2.24, 2.45) is 0 Å². The molecule has 3 heterocycles. The summed E-state index contributed by atoms with van der Waals surface area (Å²) < 4.78 is 5.50. The van der Waals surface area contributed by atoms with Crippen molar-refractivity contribution < 1.29 is 9.32 Å². The number of piperazine rings is 1. The Morgan fingerprint density at radius 1 is 1.36 bits per heavy atom. The number of carbonyl (C=O) groups excluding carboxylic acids is 1. The highest BCUT2D eigenvalue weighted by Gasteiger charge is 2.32. The molecule has 6 nitrogen and oxygen atoms in total. The average Bonchev–Trinajstić information content (AvgIpc) is 3.36. The minimum Gasteiger partial charge on any atom is -0.336 e. The van der Waals surface area contributed by atoms with Crippen LogP contribution < -0.4 is 0 Å². The highest BCUT2D eigenvalue weighted by Crippen LogP contribution is 2.40. The first-order valence-corrected chi connectivity index (χ1v) is 9.37. The molecule has 134 valence electrons. The number of aryl methyl sites for hydroxylation is 1. The molecule has 2 aromatic rings. The second-order valence-corrected chi connectivity index (χ2v) is 7.54. The van der Waals surface area contributed by atoms with Gasteiger partial charge in [-0.1, -0.05) is 18.5 Å². The Bertz CT molecular complexity index is 796. The van der Waals surface area contributed by atoms with Gasteiger partial charge in [0.25, 0.3) is 11.6 Å². The highest BCUT2D eigenvalue weighted by molar-refractivity contribution is 6.06. The van der Waals surface area contributed by atoms with Gasteiger partial charge in [0.05, 0.1) is 16.6 Å². The number of hydrogen-bond donors (Lipinski definition) is 0. The summed E-state index contributed by atoms with van der Waals surface area (Å²) in [4.78, 5) is 22.3. The fourth-order valence-electron chi connectivity index (χ4n) is 3.79. The van der Waals surface area contributed by atoms with E-state index in [9.17, 15) is 4.79 Å². The van der Waals surface area contributed by atoms with Gasteiger partial charge >= 0.3 is 0 Å². The van der Waals surface area contributed by atoms with Crippen molar-refractivity contribution in [3.63, 3.8) is 0 Å². The molecule has 2 fully saturated rings. The molecule has 6 heteroatoms. The predicted molar refractivity (Wildman–Crippen MR) is 95.8 cm³/mol. The summed E-state index contributed by atoms with van der Waals surface area (Å²) in [5.41, 5.74) is 3.10. The average molecular weight is 342 g/mol. The molecule has 0 radical (unpaired) electrons. The molecular formula is C19H26N4O2. The minimum atomic E-state index is 0.0930. The minimum absolute atomic E-state index is 0.0930. The Hall–Kier alpha value is -1.95. The number of rotatable bonds is 4. The second kappa shape index (κ2) is 6.41. The number of hydrogen-bond acceptors (Lipinski definition) is 5. The molecule has 0 bridgehead atoms. The monoisotopic (exact) mass is 342 g/mol. The molecule has 0 unspecified atom stereocenters. The van der Waals surface area contributed by atoms with Crippen LogP contribution >= 0.6 is 0 Å². The zero-order chi connectivity index (χ0) is 17.6. The normalized spacial score (nSPS) is 21.9. The van der Waals surface area contributed by atoms with Crippen molar-refractivity contribution in [2.75, 3.05) is 26.7 Å². The SMILES string of the molecule is CCCc1noc2nc(C3CC3)cc(C(=O)N3CCN(C)C[C@H]3C)c12. The van der Waals surface area contributed by atoms with E-state index < -0.39 is 0 Å². The number of pyridine rings is 1. The summed E-state index contributed by atoms with van der Waals surface area (Å²) >= 11 is 0. The molecule has 0 spiro atoms. The van der Waals surface area contributed by atoms with E-state index >= 15 is 0 Å². The van der Waals surface area contributed by atoms with Crippen LogP contribution in [0.4, 0.5) is 0 Å². The first kappa shape index (κ1) is 16.5. The van der Waals surface area contributed by atoms with Crippen molar-refractivity contribution in [3.05, 3.63) is 23.0 Å². The summed E-state index contributed by atoms with van der Waals surface area (Å²) in [7, 11) is 2.10. The molecule has 25 heavy (non-hydrogen) atoms. The molecule has 1 saturated heterocycles. The van der Waals surface area contributed by atoms with E-state index in [1.165, 1.54) is 0 Å². The number of likely N-dealkylation sites (N-methyl/N-ethyl adjacent to an activating group) is 1. The maximum absolute atomic E-state index is 13.4. The van der Waals surface area contributed by atoms with Crippen LogP contribution in [0.5, 0.6) is 0 Å². The molecule has 1 amide bonds. The largest absolute Gasteiger partial charge is 0.336 e. The van der Waals surface area contributed by atoms with Gasteiger partial charge in [0.1, 0.15) is 0 Å². The number of fused-ring (bicyclic) bond motifs is 1. The Morgan fingerprint density at radius 3 is 2.84 bits per heavy atom. The van der Waals surface area contributed by atoms with Crippen molar-refractivity contribution >= 4 is 17.0 Å². The van der Waals surface area contributed by atoms with Gasteiger partial charge in [-0.3, -0.25) is 4.79 Å². The first-order chi connectivity index (χ1) is 12.1. The molecule has 1 aliphatic heterocycles. The van der Waals surface area contributed by atoms with Crippen molar-refractivity contribution in [2.45, 2.75) is 51.5 Å².